The van der Waals surface area contributed by atoms with E-state index in [4.69, 9.17) is 10.7 Å². The van der Waals surface area contributed by atoms with Gasteiger partial charge >= 0.3 is 0 Å². The smallest absolute Gasteiger partial charge is 0.248 e. The van der Waals surface area contributed by atoms with E-state index >= 15 is 0 Å². The lowest BCUT2D eigenvalue weighted by atomic mass is 10.0. The molecule has 1 amide bonds. The Kier molecular flexibility index (Phi) is 5.65. The van der Waals surface area contributed by atoms with E-state index in [9.17, 15) is 9.18 Å². The third kappa shape index (κ3) is 3.90. The fourth-order valence-electron chi connectivity index (χ4n) is 4.94. The van der Waals surface area contributed by atoms with Crippen molar-refractivity contribution in [2.24, 2.45) is 5.73 Å². The van der Waals surface area contributed by atoms with Gasteiger partial charge in [-0.15, -0.1) is 10.2 Å². The van der Waals surface area contributed by atoms with Crippen molar-refractivity contribution in [3.8, 4) is 5.69 Å². The fourth-order valence-corrected chi connectivity index (χ4v) is 4.94. The third-order valence-electron chi connectivity index (χ3n) is 6.58. The average Bonchev–Trinajstić information content (AvgIpc) is 3.51. The number of anilines is 2. The van der Waals surface area contributed by atoms with Crippen molar-refractivity contribution in [3.05, 3.63) is 53.5 Å². The second-order valence-electron chi connectivity index (χ2n) is 8.58. The van der Waals surface area contributed by atoms with Crippen molar-refractivity contribution in [2.75, 3.05) is 16.8 Å². The zero-order chi connectivity index (χ0) is 22.9. The SMILES string of the molecule is CCC1c2nncn2-c2cnc(NCCc3ccc(C(N)=O)cc3F)nc2N1C1CCCC1. The Morgan fingerprint density at radius 2 is 2.12 bits per heavy atom. The summed E-state index contributed by atoms with van der Waals surface area (Å²) in [7, 11) is 0. The topological polar surface area (TPSA) is 115 Å². The number of nitrogens with zero attached hydrogens (tertiary/aromatic N) is 6. The summed E-state index contributed by atoms with van der Waals surface area (Å²) in [6.45, 7) is 2.61. The van der Waals surface area contributed by atoms with Gasteiger partial charge in [-0.1, -0.05) is 25.8 Å². The number of amides is 1. The Labute approximate surface area is 191 Å². The summed E-state index contributed by atoms with van der Waals surface area (Å²) in [5.74, 6) is 1.22. The van der Waals surface area contributed by atoms with Crippen molar-refractivity contribution in [1.29, 1.82) is 0 Å². The molecule has 33 heavy (non-hydrogen) atoms. The third-order valence-corrected chi connectivity index (χ3v) is 6.58. The number of rotatable bonds is 7. The van der Waals surface area contributed by atoms with E-state index < -0.39 is 11.7 Å². The van der Waals surface area contributed by atoms with Gasteiger partial charge in [0.05, 0.1) is 12.2 Å². The van der Waals surface area contributed by atoms with E-state index in [1.165, 1.54) is 25.0 Å². The van der Waals surface area contributed by atoms with E-state index in [2.05, 4.69) is 32.3 Å². The zero-order valence-corrected chi connectivity index (χ0v) is 18.5. The summed E-state index contributed by atoms with van der Waals surface area (Å²) >= 11 is 0. The number of benzene rings is 1. The number of hydrogen-bond acceptors (Lipinski definition) is 7. The molecule has 1 aliphatic carbocycles. The minimum Gasteiger partial charge on any atom is -0.366 e. The van der Waals surface area contributed by atoms with Crippen LogP contribution in [0.15, 0.2) is 30.7 Å². The normalized spacial score (nSPS) is 17.6. The van der Waals surface area contributed by atoms with Crippen molar-refractivity contribution >= 4 is 17.7 Å². The van der Waals surface area contributed by atoms with Crippen LogP contribution in [-0.2, 0) is 6.42 Å². The molecule has 0 spiro atoms. The number of primary amides is 1. The van der Waals surface area contributed by atoms with Crippen LogP contribution in [0.25, 0.3) is 5.69 Å². The number of nitrogens with two attached hydrogens (primary N) is 1. The highest BCUT2D eigenvalue weighted by molar-refractivity contribution is 5.92. The van der Waals surface area contributed by atoms with Gasteiger partial charge in [0.1, 0.15) is 17.8 Å². The van der Waals surface area contributed by atoms with Gasteiger partial charge in [0.25, 0.3) is 0 Å². The number of fused-ring (bicyclic) bond motifs is 3. The molecule has 0 radical (unpaired) electrons. The highest BCUT2D eigenvalue weighted by atomic mass is 19.1. The molecule has 172 valence electrons. The molecule has 2 aliphatic rings. The van der Waals surface area contributed by atoms with Crippen LogP contribution in [0.1, 0.15) is 66.8 Å². The standard InChI is InChI=1S/C23H27FN8O/c1-2-18-22-30-28-13-31(22)19-12-27-23(29-21(19)32(18)16-5-3-4-6-16)26-10-9-14-7-8-15(20(25)33)11-17(14)24/h7-8,11-13,16,18H,2-6,9-10H2,1H3,(H2,25,33)(H,26,27,29). The van der Waals surface area contributed by atoms with Gasteiger partial charge in [0.2, 0.25) is 11.9 Å². The summed E-state index contributed by atoms with van der Waals surface area (Å²) in [6.07, 6.45) is 9.55. The van der Waals surface area contributed by atoms with E-state index in [-0.39, 0.29) is 11.6 Å². The molecule has 1 aromatic carbocycles. The van der Waals surface area contributed by atoms with Crippen LogP contribution < -0.4 is 16.0 Å². The quantitative estimate of drug-likeness (QED) is 0.568. The Balaban J connectivity index is 1.38. The Morgan fingerprint density at radius 3 is 2.85 bits per heavy atom. The van der Waals surface area contributed by atoms with Crippen LogP contribution in [0.3, 0.4) is 0 Å². The Bertz CT molecular complexity index is 1170. The monoisotopic (exact) mass is 450 g/mol. The van der Waals surface area contributed by atoms with E-state index in [1.54, 1.807) is 18.6 Å². The first-order chi connectivity index (χ1) is 16.1. The van der Waals surface area contributed by atoms with Gasteiger partial charge < -0.3 is 16.0 Å². The first-order valence-electron chi connectivity index (χ1n) is 11.4. The predicted octanol–water partition coefficient (Wildman–Crippen LogP) is 3.16. The molecule has 1 atom stereocenters. The molecule has 1 saturated carbocycles. The lowest BCUT2D eigenvalue weighted by Gasteiger charge is -2.40. The maximum absolute atomic E-state index is 14.3. The minimum absolute atomic E-state index is 0.115. The molecular weight excluding hydrogens is 423 g/mol. The maximum Gasteiger partial charge on any atom is 0.248 e. The van der Waals surface area contributed by atoms with Gasteiger partial charge in [-0.2, -0.15) is 4.98 Å². The molecule has 10 heteroatoms. The first kappa shape index (κ1) is 21.3. The van der Waals surface area contributed by atoms with Gasteiger partial charge in [0, 0.05) is 18.2 Å². The van der Waals surface area contributed by atoms with Gasteiger partial charge in [-0.3, -0.25) is 9.36 Å². The lowest BCUT2D eigenvalue weighted by Crippen LogP contribution is -2.42. The van der Waals surface area contributed by atoms with Crippen LogP contribution in [0.4, 0.5) is 16.2 Å². The predicted molar refractivity (Wildman–Crippen MR) is 122 cm³/mol. The number of halogens is 1. The van der Waals surface area contributed by atoms with Crippen molar-refractivity contribution in [3.63, 3.8) is 0 Å². The molecule has 0 bridgehead atoms. The van der Waals surface area contributed by atoms with Gasteiger partial charge in [-0.25, -0.2) is 9.37 Å². The van der Waals surface area contributed by atoms with E-state index in [0.29, 0.717) is 30.5 Å². The number of nitrogens with one attached hydrogen (secondary N) is 1. The molecule has 3 heterocycles. The highest BCUT2D eigenvalue weighted by Crippen LogP contribution is 2.42. The molecule has 3 aromatic rings. The number of hydrogen-bond donors (Lipinski definition) is 2. The summed E-state index contributed by atoms with van der Waals surface area (Å²) < 4.78 is 16.3. The number of carbonyl (C=O) groups excluding carboxylic acids is 1. The molecule has 1 fully saturated rings. The number of carbonyl (C=O) groups is 1. The Morgan fingerprint density at radius 1 is 1.30 bits per heavy atom. The molecule has 0 saturated heterocycles. The van der Waals surface area contributed by atoms with Crippen LogP contribution in [-0.4, -0.2) is 43.2 Å². The molecule has 3 N–H and O–H groups in total. The Hall–Kier alpha value is -3.56. The molecule has 2 aromatic heterocycles. The second-order valence-corrected chi connectivity index (χ2v) is 8.58. The molecule has 1 unspecified atom stereocenters. The van der Waals surface area contributed by atoms with Crippen LogP contribution in [0.2, 0.25) is 0 Å². The summed E-state index contributed by atoms with van der Waals surface area (Å²) in [6, 6.07) is 4.83. The van der Waals surface area contributed by atoms with Crippen LogP contribution >= 0.6 is 0 Å². The van der Waals surface area contributed by atoms with Crippen molar-refractivity contribution < 1.29 is 9.18 Å². The average molecular weight is 451 g/mol. The van der Waals surface area contributed by atoms with Crippen molar-refractivity contribution in [1.82, 2.24) is 24.7 Å². The molecule has 5 rings (SSSR count). The van der Waals surface area contributed by atoms with E-state index in [1.807, 2.05) is 4.57 Å². The fraction of sp³-hybridized carbons (Fsp3) is 0.435. The first-order valence-corrected chi connectivity index (χ1v) is 11.4. The second kappa shape index (κ2) is 8.76. The van der Waals surface area contributed by atoms with Gasteiger partial charge in [-0.05, 0) is 43.4 Å². The molecular formula is C23H27FN8O. The lowest BCUT2D eigenvalue weighted by molar-refractivity contribution is 0.1000. The summed E-state index contributed by atoms with van der Waals surface area (Å²) in [5.41, 5.74) is 6.75. The molecule has 9 nitrogen and oxygen atoms in total. The summed E-state index contributed by atoms with van der Waals surface area (Å²) in [4.78, 5) is 23.0. The highest BCUT2D eigenvalue weighted by Gasteiger charge is 2.38. The maximum atomic E-state index is 14.3. The van der Waals surface area contributed by atoms with Crippen LogP contribution in [0, 0.1) is 5.82 Å². The minimum atomic E-state index is -0.644. The number of aromatic nitrogens is 5. The van der Waals surface area contributed by atoms with Crippen LogP contribution in [0.5, 0.6) is 0 Å². The van der Waals surface area contributed by atoms with Gasteiger partial charge in [0.15, 0.2) is 11.6 Å². The largest absolute Gasteiger partial charge is 0.366 e. The zero-order valence-electron chi connectivity index (χ0n) is 18.5. The van der Waals surface area contributed by atoms with Crippen molar-refractivity contribution in [2.45, 2.75) is 57.5 Å². The molecule has 1 aliphatic heterocycles. The summed E-state index contributed by atoms with van der Waals surface area (Å²) in [5, 5.41) is 11.8. The van der Waals surface area contributed by atoms with E-state index in [0.717, 1.165) is 36.6 Å².